The molecule has 4 nitrogen and oxygen atoms in total. The molecule has 0 atom stereocenters. The van der Waals surface area contributed by atoms with Crippen LogP contribution in [0.2, 0.25) is 5.02 Å². The molecule has 0 saturated carbocycles. The van der Waals surface area contributed by atoms with Gasteiger partial charge in [0.05, 0.1) is 5.02 Å². The molecule has 0 aliphatic carbocycles. The van der Waals surface area contributed by atoms with Gasteiger partial charge in [-0.15, -0.1) is 0 Å². The molecule has 0 fully saturated rings. The predicted molar refractivity (Wildman–Crippen MR) is 55.6 cm³/mol. The number of halogens is 1. The highest BCUT2D eigenvalue weighted by Crippen LogP contribution is 2.37. The third-order valence-electron chi connectivity index (χ3n) is 2.13. The Morgan fingerprint density at radius 1 is 1.40 bits per heavy atom. The van der Waals surface area contributed by atoms with Crippen LogP contribution in [-0.2, 0) is 0 Å². The molecule has 15 heavy (non-hydrogen) atoms. The van der Waals surface area contributed by atoms with Crippen molar-refractivity contribution in [2.45, 2.75) is 6.42 Å². The number of ether oxygens (including phenoxy) is 2. The van der Waals surface area contributed by atoms with E-state index < -0.39 is 0 Å². The Labute approximate surface area is 91.9 Å². The maximum Gasteiger partial charge on any atom is 0.231 e. The number of carbonyl (C=O) groups is 1. The van der Waals surface area contributed by atoms with Crippen LogP contribution in [-0.4, -0.2) is 19.1 Å². The van der Waals surface area contributed by atoms with Crippen molar-refractivity contribution < 1.29 is 14.3 Å². The molecule has 0 spiro atoms. The summed E-state index contributed by atoms with van der Waals surface area (Å²) in [4.78, 5) is 11.6. The van der Waals surface area contributed by atoms with Crippen molar-refractivity contribution in [3.63, 3.8) is 0 Å². The van der Waals surface area contributed by atoms with E-state index in [1.807, 2.05) is 0 Å². The highest BCUT2D eigenvalue weighted by atomic mass is 35.5. The minimum Gasteiger partial charge on any atom is -0.454 e. The van der Waals surface area contributed by atoms with E-state index in [0.29, 0.717) is 28.6 Å². The highest BCUT2D eigenvalue weighted by Gasteiger charge is 2.19. The topological polar surface area (TPSA) is 61.6 Å². The molecule has 0 unspecified atom stereocenters. The number of ketones is 1. The van der Waals surface area contributed by atoms with Crippen LogP contribution in [0, 0.1) is 0 Å². The standard InChI is InChI=1S/C10H10ClNO3/c11-7-4-10-9(14-5-15-10)3-6(7)8(13)1-2-12/h3-4H,1-2,5,12H2. The fraction of sp³-hybridized carbons (Fsp3) is 0.300. The first-order valence-electron chi connectivity index (χ1n) is 4.55. The van der Waals surface area contributed by atoms with Gasteiger partial charge in [0.15, 0.2) is 17.3 Å². The second-order valence-electron chi connectivity index (χ2n) is 3.15. The number of fused-ring (bicyclic) bond motifs is 1. The summed E-state index contributed by atoms with van der Waals surface area (Å²) in [5.74, 6) is 1.05. The van der Waals surface area contributed by atoms with Crippen molar-refractivity contribution in [2.75, 3.05) is 13.3 Å². The molecule has 0 amide bonds. The summed E-state index contributed by atoms with van der Waals surface area (Å²) >= 11 is 5.94. The summed E-state index contributed by atoms with van der Waals surface area (Å²) in [5.41, 5.74) is 5.75. The summed E-state index contributed by atoms with van der Waals surface area (Å²) in [7, 11) is 0. The first-order valence-corrected chi connectivity index (χ1v) is 4.92. The SMILES string of the molecule is NCCC(=O)c1cc2c(cc1Cl)OCO2. The fourth-order valence-electron chi connectivity index (χ4n) is 1.40. The Hall–Kier alpha value is -1.26. The van der Waals surface area contributed by atoms with Crippen LogP contribution < -0.4 is 15.2 Å². The quantitative estimate of drug-likeness (QED) is 0.797. The lowest BCUT2D eigenvalue weighted by Gasteiger charge is -2.04. The van der Waals surface area contributed by atoms with Gasteiger partial charge in [0.25, 0.3) is 0 Å². The van der Waals surface area contributed by atoms with Crippen molar-refractivity contribution in [3.8, 4) is 11.5 Å². The zero-order valence-corrected chi connectivity index (χ0v) is 8.71. The van der Waals surface area contributed by atoms with Gasteiger partial charge >= 0.3 is 0 Å². The number of benzene rings is 1. The summed E-state index contributed by atoms with van der Waals surface area (Å²) in [5, 5.41) is 0.373. The molecule has 1 aromatic carbocycles. The van der Waals surface area contributed by atoms with Gasteiger partial charge in [-0.1, -0.05) is 11.6 Å². The first kappa shape index (κ1) is 10.3. The van der Waals surface area contributed by atoms with Gasteiger partial charge in [0, 0.05) is 18.1 Å². The van der Waals surface area contributed by atoms with E-state index in [2.05, 4.69) is 0 Å². The van der Waals surface area contributed by atoms with E-state index in [-0.39, 0.29) is 19.0 Å². The van der Waals surface area contributed by atoms with Gasteiger partial charge in [0.2, 0.25) is 6.79 Å². The van der Waals surface area contributed by atoms with Gasteiger partial charge in [-0.25, -0.2) is 0 Å². The van der Waals surface area contributed by atoms with Crippen LogP contribution in [0.3, 0.4) is 0 Å². The van der Waals surface area contributed by atoms with E-state index in [4.69, 9.17) is 26.8 Å². The first-order chi connectivity index (χ1) is 7.22. The second-order valence-corrected chi connectivity index (χ2v) is 3.55. The molecule has 2 rings (SSSR count). The molecule has 5 heteroatoms. The zero-order valence-electron chi connectivity index (χ0n) is 7.96. The average Bonchev–Trinajstić information content (AvgIpc) is 2.63. The third-order valence-corrected chi connectivity index (χ3v) is 2.45. The highest BCUT2D eigenvalue weighted by molar-refractivity contribution is 6.34. The normalized spacial score (nSPS) is 12.9. The van der Waals surface area contributed by atoms with Crippen LogP contribution in [0.15, 0.2) is 12.1 Å². The molecule has 0 saturated heterocycles. The maximum atomic E-state index is 11.6. The summed E-state index contributed by atoms with van der Waals surface area (Å²) in [6, 6.07) is 3.19. The van der Waals surface area contributed by atoms with Crippen molar-refractivity contribution in [1.82, 2.24) is 0 Å². The molecule has 1 aliphatic rings. The number of hydrogen-bond donors (Lipinski definition) is 1. The maximum absolute atomic E-state index is 11.6. The van der Waals surface area contributed by atoms with Gasteiger partial charge < -0.3 is 15.2 Å². The van der Waals surface area contributed by atoms with Crippen molar-refractivity contribution in [1.29, 1.82) is 0 Å². The fourth-order valence-corrected chi connectivity index (χ4v) is 1.66. The summed E-state index contributed by atoms with van der Waals surface area (Å²) < 4.78 is 10.3. The van der Waals surface area contributed by atoms with Crippen molar-refractivity contribution in [3.05, 3.63) is 22.7 Å². The Bertz CT molecular complexity index is 406. The Balaban J connectivity index is 2.36. The molecule has 1 aliphatic heterocycles. The van der Waals surface area contributed by atoms with Gasteiger partial charge in [0.1, 0.15) is 0 Å². The van der Waals surface area contributed by atoms with Crippen LogP contribution in [0.1, 0.15) is 16.8 Å². The number of Topliss-reactive ketones (excluding diaryl/α,β-unsaturated/α-hetero) is 1. The van der Waals surface area contributed by atoms with Crippen molar-refractivity contribution >= 4 is 17.4 Å². The number of carbonyl (C=O) groups excluding carboxylic acids is 1. The predicted octanol–water partition coefficient (Wildman–Crippen LogP) is 1.60. The minimum atomic E-state index is -0.0826. The van der Waals surface area contributed by atoms with E-state index in [1.54, 1.807) is 12.1 Å². The monoisotopic (exact) mass is 227 g/mol. The minimum absolute atomic E-state index is 0.0826. The van der Waals surface area contributed by atoms with Crippen LogP contribution >= 0.6 is 11.6 Å². The average molecular weight is 228 g/mol. The molecule has 0 radical (unpaired) electrons. The van der Waals surface area contributed by atoms with Gasteiger partial charge in [-0.3, -0.25) is 4.79 Å². The molecule has 2 N–H and O–H groups in total. The number of rotatable bonds is 3. The third kappa shape index (κ3) is 1.91. The molecule has 0 bridgehead atoms. The number of hydrogen-bond acceptors (Lipinski definition) is 4. The van der Waals surface area contributed by atoms with E-state index in [1.165, 1.54) is 0 Å². The van der Waals surface area contributed by atoms with Gasteiger partial charge in [-0.2, -0.15) is 0 Å². The van der Waals surface area contributed by atoms with Crippen LogP contribution in [0.5, 0.6) is 11.5 Å². The smallest absolute Gasteiger partial charge is 0.231 e. The van der Waals surface area contributed by atoms with E-state index in [9.17, 15) is 4.79 Å². The molecular weight excluding hydrogens is 218 g/mol. The molecule has 1 heterocycles. The largest absolute Gasteiger partial charge is 0.454 e. The summed E-state index contributed by atoms with van der Waals surface area (Å²) in [6.07, 6.45) is 0.277. The number of nitrogens with two attached hydrogens (primary N) is 1. The Morgan fingerprint density at radius 2 is 2.07 bits per heavy atom. The molecular formula is C10H10ClNO3. The van der Waals surface area contributed by atoms with Crippen molar-refractivity contribution in [2.24, 2.45) is 5.73 Å². The lowest BCUT2D eigenvalue weighted by Crippen LogP contribution is -2.08. The lowest BCUT2D eigenvalue weighted by molar-refractivity contribution is 0.0985. The summed E-state index contributed by atoms with van der Waals surface area (Å²) in [6.45, 7) is 0.476. The van der Waals surface area contributed by atoms with Gasteiger partial charge in [-0.05, 0) is 12.6 Å². The second kappa shape index (κ2) is 4.08. The zero-order chi connectivity index (χ0) is 10.8. The van der Waals surface area contributed by atoms with Crippen LogP contribution in [0.4, 0.5) is 0 Å². The molecule has 0 aromatic heterocycles. The lowest BCUT2D eigenvalue weighted by atomic mass is 10.1. The van der Waals surface area contributed by atoms with E-state index in [0.717, 1.165) is 0 Å². The molecule has 80 valence electrons. The molecule has 1 aromatic rings. The Morgan fingerprint density at radius 3 is 2.73 bits per heavy atom. The van der Waals surface area contributed by atoms with Crippen LogP contribution in [0.25, 0.3) is 0 Å². The van der Waals surface area contributed by atoms with E-state index >= 15 is 0 Å². The Kier molecular flexibility index (Phi) is 2.79.